The Morgan fingerprint density at radius 2 is 1.10 bits per heavy atom. The summed E-state index contributed by atoms with van der Waals surface area (Å²) in [5.74, 6) is -5.46. The molecular weight excluding hydrogens is 1180 g/mol. The average Bonchev–Trinajstić information content (AvgIpc) is 1.48. The number of benzene rings is 2. The van der Waals surface area contributed by atoms with Crippen molar-refractivity contribution in [3.8, 4) is 22.8 Å². The van der Waals surface area contributed by atoms with Crippen molar-refractivity contribution in [2.75, 3.05) is 58.1 Å². The predicted molar refractivity (Wildman–Crippen MR) is 322 cm³/mol. The number of hydrogen-bond donors (Lipinski definition) is 4. The van der Waals surface area contributed by atoms with Gasteiger partial charge in [0.05, 0.1) is 77.3 Å². The molecular formula is C62H64N8O16S2. The quantitative estimate of drug-likeness (QED) is 0.0363. The molecule has 6 aromatic rings. The fraction of sp³-hybridized carbons (Fsp3) is 0.419. The summed E-state index contributed by atoms with van der Waals surface area (Å²) < 4.78 is 36.6. The van der Waals surface area contributed by atoms with E-state index in [4.69, 9.17) is 38.4 Å². The van der Waals surface area contributed by atoms with Crippen LogP contribution < -0.4 is 32.4 Å². The summed E-state index contributed by atoms with van der Waals surface area (Å²) in [7, 11) is 1.60. The number of nitrogens with zero attached hydrogens (tertiary/aromatic N) is 4. The predicted octanol–water partition coefficient (Wildman–Crippen LogP) is 3.20. The second-order valence-electron chi connectivity index (χ2n) is 22.0. The molecule has 8 heterocycles. The number of thioether (sulfide) groups is 2. The van der Waals surface area contributed by atoms with Crippen molar-refractivity contribution in [2.24, 2.45) is 0 Å². The van der Waals surface area contributed by atoms with Crippen LogP contribution in [0.2, 0.25) is 0 Å². The molecule has 11 rings (SSSR count). The normalized spacial score (nSPS) is 19.9. The molecule has 4 unspecified atom stereocenters. The van der Waals surface area contributed by atoms with E-state index in [1.54, 1.807) is 42.2 Å². The van der Waals surface area contributed by atoms with Gasteiger partial charge >= 0.3 is 23.9 Å². The number of hydrogen-bond acceptors (Lipinski definition) is 21. The molecule has 0 spiro atoms. The number of likely N-dealkylation sites (N-methyl/N-ethyl adjacent to an activating group) is 1. The van der Waals surface area contributed by atoms with Crippen LogP contribution in [0.4, 0.5) is 0 Å². The maximum atomic E-state index is 14.1. The molecule has 1 fully saturated rings. The molecule has 4 aromatic heterocycles. The molecule has 6 atom stereocenters. The van der Waals surface area contributed by atoms with Crippen LogP contribution in [0.1, 0.15) is 79.8 Å². The number of fused-ring (bicyclic) bond motifs is 10. The molecule has 0 radical (unpaired) electrons. The van der Waals surface area contributed by atoms with Crippen LogP contribution in [0.15, 0.2) is 82.4 Å². The van der Waals surface area contributed by atoms with Gasteiger partial charge in [-0.05, 0) is 76.1 Å². The maximum absolute atomic E-state index is 14.1. The highest BCUT2D eigenvalue weighted by Gasteiger charge is 2.52. The molecule has 26 heteroatoms. The summed E-state index contributed by atoms with van der Waals surface area (Å²) in [6, 6.07) is 20.4. The highest BCUT2D eigenvalue weighted by molar-refractivity contribution is 8.04. The van der Waals surface area contributed by atoms with Crippen LogP contribution in [-0.4, -0.2) is 147 Å². The first-order chi connectivity index (χ1) is 42.4. The van der Waals surface area contributed by atoms with Crippen molar-refractivity contribution in [1.82, 2.24) is 40.4 Å². The Hall–Kier alpha value is -8.30. The fourth-order valence-electron chi connectivity index (χ4n) is 11.7. The van der Waals surface area contributed by atoms with Gasteiger partial charge in [-0.3, -0.25) is 38.4 Å². The molecule has 5 aliphatic rings. The van der Waals surface area contributed by atoms with Crippen molar-refractivity contribution in [3.63, 3.8) is 0 Å². The Labute approximate surface area is 511 Å². The number of amides is 3. The Bertz CT molecular complexity index is 3980. The summed E-state index contributed by atoms with van der Waals surface area (Å²) in [4.78, 5) is 145. The highest BCUT2D eigenvalue weighted by Crippen LogP contribution is 2.44. The number of para-hydroxylation sites is 2. The number of ketones is 1. The smallest absolute Gasteiger partial charge is 0.355 e. The van der Waals surface area contributed by atoms with Gasteiger partial charge in [0.25, 0.3) is 11.1 Å². The van der Waals surface area contributed by atoms with E-state index in [1.165, 1.54) is 30.4 Å². The molecule has 0 saturated heterocycles. The minimum atomic E-state index is -2.04. The summed E-state index contributed by atoms with van der Waals surface area (Å²) in [5.41, 5.74) is 1.01. The Balaban J connectivity index is 0.706. The van der Waals surface area contributed by atoms with E-state index in [-0.39, 0.29) is 109 Å². The van der Waals surface area contributed by atoms with Crippen molar-refractivity contribution in [2.45, 2.75) is 107 Å². The number of esters is 4. The van der Waals surface area contributed by atoms with E-state index >= 15 is 0 Å². The molecule has 1 aliphatic carbocycles. The van der Waals surface area contributed by atoms with Gasteiger partial charge in [0.2, 0.25) is 28.9 Å². The SMILES string of the molecule is CC[C@@]1(OC(=O)CNC(=O)C(CSC2CCC2SCC(NC(=O)COCCOCC(C)=O)C(=O)NCC(=O)O[C@]2(CC)C(=O)OCc3c2cc2n(c3=O)Cc3cc4ccccc4nc3-2)NC)C(=O)OCc2c1cc1n(c2=O)Cc2cc3ccccc3nc2-1. The van der Waals surface area contributed by atoms with E-state index in [9.17, 15) is 47.9 Å². The number of carbonyl (C=O) groups is 8. The van der Waals surface area contributed by atoms with E-state index < -0.39 is 95.7 Å². The third-order valence-electron chi connectivity index (χ3n) is 16.5. The highest BCUT2D eigenvalue weighted by atomic mass is 32.2. The van der Waals surface area contributed by atoms with E-state index in [2.05, 4.69) is 21.3 Å². The van der Waals surface area contributed by atoms with Gasteiger partial charge in [-0.2, -0.15) is 23.5 Å². The zero-order chi connectivity index (χ0) is 62.0. The van der Waals surface area contributed by atoms with Crippen LogP contribution in [0, 0.1) is 0 Å². The summed E-state index contributed by atoms with van der Waals surface area (Å²) in [5, 5.41) is 12.6. The Morgan fingerprint density at radius 3 is 1.56 bits per heavy atom. The third kappa shape index (κ3) is 11.9. The zero-order valence-corrected chi connectivity index (χ0v) is 50.3. The lowest BCUT2D eigenvalue weighted by Crippen LogP contribution is -2.52. The molecule has 460 valence electrons. The Morgan fingerprint density at radius 1 is 0.648 bits per heavy atom. The summed E-state index contributed by atoms with van der Waals surface area (Å²) >= 11 is 2.90. The molecule has 88 heavy (non-hydrogen) atoms. The summed E-state index contributed by atoms with van der Waals surface area (Å²) in [6.45, 7) is 2.60. The summed E-state index contributed by atoms with van der Waals surface area (Å²) in [6.07, 6.45) is 1.33. The maximum Gasteiger partial charge on any atom is 0.355 e. The van der Waals surface area contributed by atoms with E-state index in [1.807, 2.05) is 60.7 Å². The molecule has 0 bridgehead atoms. The van der Waals surface area contributed by atoms with E-state index in [0.29, 0.717) is 28.3 Å². The largest absolute Gasteiger partial charge is 0.457 e. The molecule has 1 saturated carbocycles. The van der Waals surface area contributed by atoms with Crippen LogP contribution in [-0.2, 0) is 104 Å². The van der Waals surface area contributed by atoms with Gasteiger partial charge in [-0.15, -0.1) is 0 Å². The van der Waals surface area contributed by atoms with Gasteiger partial charge in [0.15, 0.2) is 5.78 Å². The number of carbonyl (C=O) groups excluding carboxylic acids is 8. The minimum absolute atomic E-state index is 0.000717. The lowest BCUT2D eigenvalue weighted by atomic mass is 9.85. The number of rotatable bonds is 25. The molecule has 4 N–H and O–H groups in total. The molecule has 2 aromatic carbocycles. The number of pyridine rings is 4. The minimum Gasteiger partial charge on any atom is -0.457 e. The second kappa shape index (κ2) is 25.8. The first kappa shape index (κ1) is 61.4. The monoisotopic (exact) mass is 1240 g/mol. The van der Waals surface area contributed by atoms with Crippen molar-refractivity contribution < 1.29 is 66.8 Å². The average molecular weight is 1240 g/mol. The lowest BCUT2D eigenvalue weighted by molar-refractivity contribution is -0.189. The number of ether oxygens (including phenoxy) is 6. The number of Topliss-reactive ketones (excluding diaryl/α,β-unsaturated/α-hetero) is 1. The second-order valence-corrected chi connectivity index (χ2v) is 24.5. The lowest BCUT2D eigenvalue weighted by Gasteiger charge is -2.37. The van der Waals surface area contributed by atoms with Crippen LogP contribution >= 0.6 is 23.5 Å². The molecule has 3 amide bonds. The van der Waals surface area contributed by atoms with Crippen molar-refractivity contribution in [1.29, 1.82) is 0 Å². The topological polar surface area (TPSA) is 310 Å². The molecule has 24 nitrogen and oxygen atoms in total. The van der Waals surface area contributed by atoms with E-state index in [0.717, 1.165) is 40.3 Å². The Kier molecular flexibility index (Phi) is 18.0. The van der Waals surface area contributed by atoms with Crippen LogP contribution in [0.5, 0.6) is 0 Å². The molecule has 4 aliphatic heterocycles. The first-order valence-electron chi connectivity index (χ1n) is 29.0. The zero-order valence-electron chi connectivity index (χ0n) is 48.7. The van der Waals surface area contributed by atoms with Gasteiger partial charge in [0.1, 0.15) is 45.6 Å². The van der Waals surface area contributed by atoms with Gasteiger partial charge in [-0.25, -0.2) is 19.6 Å². The number of cyclic esters (lactones) is 2. The van der Waals surface area contributed by atoms with Crippen molar-refractivity contribution in [3.05, 3.63) is 127 Å². The number of nitrogens with one attached hydrogen (secondary N) is 4. The van der Waals surface area contributed by atoms with Gasteiger partial charge < -0.3 is 58.8 Å². The van der Waals surface area contributed by atoms with Crippen LogP contribution in [0.3, 0.4) is 0 Å². The number of aromatic nitrogens is 4. The first-order valence-corrected chi connectivity index (χ1v) is 31.1. The van der Waals surface area contributed by atoms with Gasteiger partial charge in [-0.1, -0.05) is 50.2 Å². The standard InChI is InChI=1S/C62H64N8O16S2/c1-5-61(40-21-46-53-36(19-34-11-7-9-13-42(34)67-53)25-69(46)57(77)38(40)28-83-59(61)79)85-51(73)23-64-55(75)44(63-4)31-87-48-15-16-49(48)88-32-45(66-50(72)30-82-18-17-81-27-33(3)71)56(76)65-24-52(74)86-62(6-2)41-22-47-54-37(20-35-12-8-10-14-43(35)68-54)26-70(47)58(78)39(41)29-84-60(62)80/h7-14,19-22,44-45,48-49,63H,5-6,15-18,23-32H2,1-4H3,(H,64,75)(H,65,76)(H,66,72)/t44?,45?,48?,49?,61-,62-/m0/s1. The van der Waals surface area contributed by atoms with Crippen LogP contribution in [0.25, 0.3) is 44.6 Å². The van der Waals surface area contributed by atoms with Crippen molar-refractivity contribution >= 4 is 92.7 Å². The van der Waals surface area contributed by atoms with Gasteiger partial charge in [0, 0.05) is 55.0 Å². The third-order valence-corrected chi connectivity index (χ3v) is 19.7. The fourth-order valence-corrected chi connectivity index (χ4v) is 14.9.